The first-order chi connectivity index (χ1) is 9.21. The van der Waals surface area contributed by atoms with Gasteiger partial charge in [-0.05, 0) is 25.5 Å². The number of hydrogen-bond donors (Lipinski definition) is 1. The molecule has 2 aromatic rings. The standard InChI is InChI=1S/C16H25N3/c1-5-12(6-2)11-14(17-3)16-13-9-7-8-10-15(13)19(4)18-16/h7-10,12,14,17H,5-6,11H2,1-4H3. The Morgan fingerprint density at radius 3 is 2.53 bits per heavy atom. The van der Waals surface area contributed by atoms with E-state index < -0.39 is 0 Å². The van der Waals surface area contributed by atoms with Gasteiger partial charge < -0.3 is 5.32 Å². The molecule has 0 aliphatic heterocycles. The highest BCUT2D eigenvalue weighted by Gasteiger charge is 2.20. The van der Waals surface area contributed by atoms with Crippen LogP contribution in [0, 0.1) is 5.92 Å². The lowest BCUT2D eigenvalue weighted by Crippen LogP contribution is -2.20. The van der Waals surface area contributed by atoms with E-state index in [-0.39, 0.29) is 0 Å². The van der Waals surface area contributed by atoms with Crippen molar-refractivity contribution in [3.05, 3.63) is 30.0 Å². The van der Waals surface area contributed by atoms with Gasteiger partial charge in [0.05, 0.1) is 17.3 Å². The van der Waals surface area contributed by atoms with Crippen LogP contribution in [0.15, 0.2) is 24.3 Å². The third-order valence-electron chi connectivity index (χ3n) is 4.19. The van der Waals surface area contributed by atoms with Gasteiger partial charge in [0.25, 0.3) is 0 Å². The van der Waals surface area contributed by atoms with Crippen LogP contribution in [0.1, 0.15) is 44.8 Å². The number of aryl methyl sites for hydroxylation is 1. The third-order valence-corrected chi connectivity index (χ3v) is 4.19. The van der Waals surface area contributed by atoms with Crippen LogP contribution in [0.5, 0.6) is 0 Å². The van der Waals surface area contributed by atoms with E-state index in [4.69, 9.17) is 5.10 Å². The van der Waals surface area contributed by atoms with Gasteiger partial charge in [-0.3, -0.25) is 4.68 Å². The molecule has 1 aromatic carbocycles. The molecular formula is C16H25N3. The van der Waals surface area contributed by atoms with Gasteiger partial charge in [0, 0.05) is 12.4 Å². The zero-order valence-corrected chi connectivity index (χ0v) is 12.5. The second-order valence-electron chi connectivity index (χ2n) is 5.29. The summed E-state index contributed by atoms with van der Waals surface area (Å²) >= 11 is 0. The van der Waals surface area contributed by atoms with Crippen LogP contribution in [0.25, 0.3) is 10.9 Å². The number of para-hydroxylation sites is 1. The van der Waals surface area contributed by atoms with E-state index >= 15 is 0 Å². The average Bonchev–Trinajstić information content (AvgIpc) is 2.78. The first kappa shape index (κ1) is 14.1. The van der Waals surface area contributed by atoms with Crippen molar-refractivity contribution in [1.82, 2.24) is 15.1 Å². The molecule has 0 bridgehead atoms. The molecule has 0 aliphatic carbocycles. The molecule has 0 saturated heterocycles. The molecule has 104 valence electrons. The molecule has 1 atom stereocenters. The maximum atomic E-state index is 4.74. The van der Waals surface area contributed by atoms with Crippen molar-refractivity contribution < 1.29 is 0 Å². The van der Waals surface area contributed by atoms with Gasteiger partial charge in [0.15, 0.2) is 0 Å². The Labute approximate surface area is 116 Å². The lowest BCUT2D eigenvalue weighted by Gasteiger charge is -2.20. The number of benzene rings is 1. The van der Waals surface area contributed by atoms with Crippen molar-refractivity contribution >= 4 is 10.9 Å². The predicted octanol–water partition coefficient (Wildman–Crippen LogP) is 3.66. The van der Waals surface area contributed by atoms with E-state index in [1.165, 1.54) is 29.4 Å². The van der Waals surface area contributed by atoms with Crippen molar-refractivity contribution in [3.8, 4) is 0 Å². The minimum atomic E-state index is 0.344. The van der Waals surface area contributed by atoms with E-state index in [1.807, 2.05) is 18.8 Å². The van der Waals surface area contributed by atoms with E-state index in [0.717, 1.165) is 12.3 Å². The Morgan fingerprint density at radius 2 is 1.89 bits per heavy atom. The highest BCUT2D eigenvalue weighted by molar-refractivity contribution is 5.82. The highest BCUT2D eigenvalue weighted by atomic mass is 15.3. The number of hydrogen-bond acceptors (Lipinski definition) is 2. The fourth-order valence-corrected chi connectivity index (χ4v) is 2.82. The van der Waals surface area contributed by atoms with Crippen LogP contribution < -0.4 is 5.32 Å². The highest BCUT2D eigenvalue weighted by Crippen LogP contribution is 2.29. The van der Waals surface area contributed by atoms with Crippen LogP contribution in [0.3, 0.4) is 0 Å². The van der Waals surface area contributed by atoms with Crippen LogP contribution >= 0.6 is 0 Å². The van der Waals surface area contributed by atoms with Crippen molar-refractivity contribution in [2.24, 2.45) is 13.0 Å². The Morgan fingerprint density at radius 1 is 1.21 bits per heavy atom. The molecule has 1 unspecified atom stereocenters. The molecule has 0 fully saturated rings. The van der Waals surface area contributed by atoms with Gasteiger partial charge in [-0.1, -0.05) is 44.9 Å². The van der Waals surface area contributed by atoms with Crippen LogP contribution in [0.2, 0.25) is 0 Å². The summed E-state index contributed by atoms with van der Waals surface area (Å²) < 4.78 is 1.99. The maximum absolute atomic E-state index is 4.74. The molecule has 2 rings (SSSR count). The topological polar surface area (TPSA) is 29.9 Å². The zero-order valence-electron chi connectivity index (χ0n) is 12.5. The summed E-state index contributed by atoms with van der Waals surface area (Å²) in [5.41, 5.74) is 2.40. The first-order valence-corrected chi connectivity index (χ1v) is 7.30. The Kier molecular flexibility index (Phi) is 4.59. The van der Waals surface area contributed by atoms with Gasteiger partial charge in [-0.25, -0.2) is 0 Å². The molecule has 0 radical (unpaired) electrons. The van der Waals surface area contributed by atoms with Gasteiger partial charge in [-0.2, -0.15) is 5.10 Å². The van der Waals surface area contributed by atoms with E-state index in [1.54, 1.807) is 0 Å². The molecule has 0 aliphatic rings. The number of fused-ring (bicyclic) bond motifs is 1. The van der Waals surface area contributed by atoms with Crippen LogP contribution in [-0.4, -0.2) is 16.8 Å². The lowest BCUT2D eigenvalue weighted by molar-refractivity contribution is 0.380. The fourth-order valence-electron chi connectivity index (χ4n) is 2.82. The number of aromatic nitrogens is 2. The summed E-state index contributed by atoms with van der Waals surface area (Å²) in [4.78, 5) is 0. The van der Waals surface area contributed by atoms with Crippen molar-refractivity contribution in [2.45, 2.75) is 39.2 Å². The Bertz CT molecular complexity index is 526. The molecular weight excluding hydrogens is 234 g/mol. The summed E-state index contributed by atoms with van der Waals surface area (Å²) in [6, 6.07) is 8.82. The van der Waals surface area contributed by atoms with Crippen LogP contribution in [-0.2, 0) is 7.05 Å². The minimum Gasteiger partial charge on any atom is -0.312 e. The molecule has 1 heterocycles. The van der Waals surface area contributed by atoms with Gasteiger partial charge in [0.1, 0.15) is 0 Å². The zero-order chi connectivity index (χ0) is 13.8. The van der Waals surface area contributed by atoms with Crippen molar-refractivity contribution in [1.29, 1.82) is 0 Å². The fraction of sp³-hybridized carbons (Fsp3) is 0.562. The van der Waals surface area contributed by atoms with Crippen LogP contribution in [0.4, 0.5) is 0 Å². The molecule has 3 nitrogen and oxygen atoms in total. The average molecular weight is 259 g/mol. The first-order valence-electron chi connectivity index (χ1n) is 7.30. The largest absolute Gasteiger partial charge is 0.312 e. The Hall–Kier alpha value is -1.35. The molecule has 3 heteroatoms. The quantitative estimate of drug-likeness (QED) is 0.858. The smallest absolute Gasteiger partial charge is 0.0872 e. The van der Waals surface area contributed by atoms with E-state index in [9.17, 15) is 0 Å². The van der Waals surface area contributed by atoms with Gasteiger partial charge in [0.2, 0.25) is 0 Å². The van der Waals surface area contributed by atoms with Crippen molar-refractivity contribution in [3.63, 3.8) is 0 Å². The molecule has 1 N–H and O–H groups in total. The number of nitrogens with zero attached hydrogens (tertiary/aromatic N) is 2. The SMILES string of the molecule is CCC(CC)CC(NC)c1nn(C)c2ccccc12. The monoisotopic (exact) mass is 259 g/mol. The molecule has 0 spiro atoms. The second-order valence-corrected chi connectivity index (χ2v) is 5.29. The number of nitrogens with one attached hydrogen (secondary N) is 1. The maximum Gasteiger partial charge on any atom is 0.0872 e. The van der Waals surface area contributed by atoms with Gasteiger partial charge >= 0.3 is 0 Å². The summed E-state index contributed by atoms with van der Waals surface area (Å²) in [5, 5.41) is 9.46. The molecule has 0 saturated carbocycles. The number of rotatable bonds is 6. The summed E-state index contributed by atoms with van der Waals surface area (Å²) in [6.45, 7) is 4.55. The predicted molar refractivity (Wildman–Crippen MR) is 81.2 cm³/mol. The lowest BCUT2D eigenvalue weighted by atomic mass is 9.92. The summed E-state index contributed by atoms with van der Waals surface area (Å²) in [5.74, 6) is 0.762. The van der Waals surface area contributed by atoms with E-state index in [0.29, 0.717) is 6.04 Å². The molecule has 0 amide bonds. The normalized spacial score (nSPS) is 13.3. The summed E-state index contributed by atoms with van der Waals surface area (Å²) in [6.07, 6.45) is 3.63. The van der Waals surface area contributed by atoms with Gasteiger partial charge in [-0.15, -0.1) is 0 Å². The van der Waals surface area contributed by atoms with E-state index in [2.05, 4.69) is 43.4 Å². The summed E-state index contributed by atoms with van der Waals surface area (Å²) in [7, 11) is 4.06. The third kappa shape index (κ3) is 2.81. The van der Waals surface area contributed by atoms with Crippen molar-refractivity contribution in [2.75, 3.05) is 7.05 Å². The molecule has 19 heavy (non-hydrogen) atoms. The Balaban J connectivity index is 2.35. The molecule has 1 aromatic heterocycles. The second kappa shape index (κ2) is 6.20. The minimum absolute atomic E-state index is 0.344.